The van der Waals surface area contributed by atoms with Crippen molar-refractivity contribution in [3.05, 3.63) is 83.5 Å². The molecule has 11 heteroatoms. The Hall–Kier alpha value is -4.12. The zero-order chi connectivity index (χ0) is 22.7. The van der Waals surface area contributed by atoms with E-state index in [0.29, 0.717) is 16.7 Å². The summed E-state index contributed by atoms with van der Waals surface area (Å²) in [6.45, 7) is 0. The van der Waals surface area contributed by atoms with Gasteiger partial charge in [-0.25, -0.2) is 27.6 Å². The summed E-state index contributed by atoms with van der Waals surface area (Å²) in [4.78, 5) is 25.1. The molecule has 3 aromatic carbocycles. The van der Waals surface area contributed by atoms with Gasteiger partial charge in [0.25, 0.3) is 14.9 Å². The highest BCUT2D eigenvalue weighted by Gasteiger charge is 2.23. The van der Waals surface area contributed by atoms with Crippen LogP contribution < -0.4 is 10.0 Å². The lowest BCUT2D eigenvalue weighted by Crippen LogP contribution is -2.16. The molecule has 0 saturated heterocycles. The first-order valence-electron chi connectivity index (χ1n) is 9.29. The van der Waals surface area contributed by atoms with Crippen molar-refractivity contribution >= 4 is 44.1 Å². The molecule has 0 bridgehead atoms. The van der Waals surface area contributed by atoms with Gasteiger partial charge in [0.05, 0.1) is 20.8 Å². The van der Waals surface area contributed by atoms with Crippen LogP contribution in [0.1, 0.15) is 0 Å². The summed E-state index contributed by atoms with van der Waals surface area (Å²) in [5, 5.41) is 2.96. The van der Waals surface area contributed by atoms with Gasteiger partial charge in [-0.15, -0.1) is 0 Å². The van der Waals surface area contributed by atoms with E-state index in [-0.39, 0.29) is 27.1 Å². The monoisotopic (exact) mass is 454 g/mol. The highest BCUT2D eigenvalue weighted by atomic mass is 32.2. The van der Waals surface area contributed by atoms with Gasteiger partial charge < -0.3 is 5.32 Å². The second-order valence-corrected chi connectivity index (χ2v) is 8.27. The van der Waals surface area contributed by atoms with Gasteiger partial charge in [-0.3, -0.25) is 4.72 Å². The smallest absolute Gasteiger partial charge is 0.318 e. The maximum atomic E-state index is 13.3. The molecule has 0 spiro atoms. The number of halogens is 1. The molecule has 4 rings (SSSR count). The largest absolute Gasteiger partial charge is 0.337 e. The SMILES string of the molecule is CO[N+](=O)c1cccc(S(=O)(=O)Nc2nc3ccccc3nc2Nc2ccc(F)cc2)c1. The first kappa shape index (κ1) is 21.1. The van der Waals surface area contributed by atoms with E-state index in [1.165, 1.54) is 55.6 Å². The van der Waals surface area contributed by atoms with E-state index in [9.17, 15) is 17.7 Å². The first-order valence-corrected chi connectivity index (χ1v) is 10.8. The van der Waals surface area contributed by atoms with Crippen LogP contribution in [0.25, 0.3) is 11.0 Å². The molecular weight excluding hydrogens is 437 g/mol. The summed E-state index contributed by atoms with van der Waals surface area (Å²) in [5.74, 6) is -0.356. The number of nitrogens with one attached hydrogen (secondary N) is 2. The molecule has 4 aromatic rings. The number of nitrogens with zero attached hydrogens (tertiary/aromatic N) is 3. The zero-order valence-electron chi connectivity index (χ0n) is 16.7. The van der Waals surface area contributed by atoms with Gasteiger partial charge in [-0.1, -0.05) is 18.2 Å². The predicted octanol–water partition coefficient (Wildman–Crippen LogP) is 4.29. The number of benzene rings is 3. The fourth-order valence-electron chi connectivity index (χ4n) is 2.88. The van der Waals surface area contributed by atoms with E-state index in [0.717, 1.165) is 0 Å². The molecule has 0 aliphatic heterocycles. The maximum Gasteiger partial charge on any atom is 0.318 e. The van der Waals surface area contributed by atoms with Crippen LogP contribution in [0.5, 0.6) is 0 Å². The molecule has 0 saturated carbocycles. The van der Waals surface area contributed by atoms with Crippen molar-refractivity contribution in [2.75, 3.05) is 17.1 Å². The average molecular weight is 454 g/mol. The van der Waals surface area contributed by atoms with Crippen LogP contribution in [-0.4, -0.2) is 30.4 Å². The van der Waals surface area contributed by atoms with Crippen LogP contribution in [0.3, 0.4) is 0 Å². The Bertz CT molecular complexity index is 1410. The number of aromatic nitrogens is 2. The lowest BCUT2D eigenvalue weighted by Gasteiger charge is -2.14. The minimum Gasteiger partial charge on any atom is -0.337 e. The first-order chi connectivity index (χ1) is 15.4. The molecule has 1 heterocycles. The van der Waals surface area contributed by atoms with Crippen molar-refractivity contribution < 1.29 is 22.6 Å². The summed E-state index contributed by atoms with van der Waals surface area (Å²) in [6, 6.07) is 17.8. The molecule has 9 nitrogen and oxygen atoms in total. The highest BCUT2D eigenvalue weighted by Crippen LogP contribution is 2.28. The summed E-state index contributed by atoms with van der Waals surface area (Å²) in [5.41, 5.74) is 1.49. The number of para-hydroxylation sites is 2. The van der Waals surface area contributed by atoms with Crippen LogP contribution >= 0.6 is 0 Å². The fourth-order valence-corrected chi connectivity index (χ4v) is 3.93. The molecule has 0 aliphatic carbocycles. The second kappa shape index (κ2) is 8.55. The molecule has 0 amide bonds. The molecule has 32 heavy (non-hydrogen) atoms. The van der Waals surface area contributed by atoms with Crippen molar-refractivity contribution in [3.63, 3.8) is 0 Å². The van der Waals surface area contributed by atoms with E-state index in [1.54, 1.807) is 24.3 Å². The summed E-state index contributed by atoms with van der Waals surface area (Å²) >= 11 is 0. The second-order valence-electron chi connectivity index (χ2n) is 6.58. The van der Waals surface area contributed by atoms with E-state index in [2.05, 4.69) is 24.8 Å². The molecule has 0 unspecified atom stereocenters. The average Bonchev–Trinajstić information content (AvgIpc) is 2.80. The third kappa shape index (κ3) is 4.47. The standard InChI is InChI=1S/C21H17FN5O4S/c1-31-27(28)16-5-4-6-17(13-16)32(29,30)26-21-20(23-15-11-9-14(22)10-12-15)24-18-7-2-3-8-19(18)25-21/h2-13H,1H3,(H,23,24)(H,25,26)/q+1. The number of fused-ring (bicyclic) bond motifs is 1. The van der Waals surface area contributed by atoms with E-state index < -0.39 is 15.8 Å². The Morgan fingerprint density at radius 1 is 0.906 bits per heavy atom. The minimum atomic E-state index is -4.14. The highest BCUT2D eigenvalue weighted by molar-refractivity contribution is 7.92. The molecule has 0 atom stereocenters. The van der Waals surface area contributed by atoms with Gasteiger partial charge >= 0.3 is 5.69 Å². The summed E-state index contributed by atoms with van der Waals surface area (Å²) in [7, 11) is -2.97. The Morgan fingerprint density at radius 2 is 1.56 bits per heavy atom. The van der Waals surface area contributed by atoms with E-state index in [4.69, 9.17) is 0 Å². The lowest BCUT2D eigenvalue weighted by atomic mass is 10.3. The molecule has 2 N–H and O–H groups in total. The number of sulfonamides is 1. The predicted molar refractivity (Wildman–Crippen MR) is 117 cm³/mol. The Kier molecular flexibility index (Phi) is 5.65. The van der Waals surface area contributed by atoms with Crippen molar-refractivity contribution in [1.29, 1.82) is 0 Å². The van der Waals surface area contributed by atoms with Gasteiger partial charge in [-0.2, -0.15) is 0 Å². The molecular formula is C21H17FN5O4S+. The molecule has 0 radical (unpaired) electrons. The number of rotatable bonds is 7. The van der Waals surface area contributed by atoms with Crippen LogP contribution in [-0.2, 0) is 14.9 Å². The minimum absolute atomic E-state index is 0.00429. The van der Waals surface area contributed by atoms with Crippen molar-refractivity contribution in [3.8, 4) is 0 Å². The van der Waals surface area contributed by atoms with Gasteiger partial charge in [0.2, 0.25) is 0 Å². The quantitative estimate of drug-likeness (QED) is 0.401. The van der Waals surface area contributed by atoms with Crippen LogP contribution in [0.4, 0.5) is 27.4 Å². The topological polar surface area (TPSA) is 113 Å². The fraction of sp³-hybridized carbons (Fsp3) is 0.0476. The molecule has 162 valence electrons. The van der Waals surface area contributed by atoms with Gasteiger partial charge in [0.1, 0.15) is 5.82 Å². The van der Waals surface area contributed by atoms with Crippen molar-refractivity contribution in [1.82, 2.24) is 9.97 Å². The Labute approximate surface area is 182 Å². The summed E-state index contributed by atoms with van der Waals surface area (Å²) in [6.07, 6.45) is 0. The van der Waals surface area contributed by atoms with E-state index in [1.807, 2.05) is 0 Å². The van der Waals surface area contributed by atoms with Crippen LogP contribution in [0.2, 0.25) is 0 Å². The Balaban J connectivity index is 1.75. The Morgan fingerprint density at radius 3 is 2.22 bits per heavy atom. The van der Waals surface area contributed by atoms with Crippen molar-refractivity contribution in [2.24, 2.45) is 0 Å². The summed E-state index contributed by atoms with van der Waals surface area (Å²) < 4.78 is 41.7. The van der Waals surface area contributed by atoms with Crippen LogP contribution in [0.15, 0.2) is 77.7 Å². The maximum absolute atomic E-state index is 13.3. The zero-order valence-corrected chi connectivity index (χ0v) is 17.5. The van der Waals surface area contributed by atoms with Gasteiger partial charge in [0, 0.05) is 17.8 Å². The number of anilines is 3. The lowest BCUT2D eigenvalue weighted by molar-refractivity contribution is -0.736. The van der Waals surface area contributed by atoms with E-state index >= 15 is 0 Å². The van der Waals surface area contributed by atoms with Gasteiger partial charge in [0.15, 0.2) is 18.7 Å². The van der Waals surface area contributed by atoms with Gasteiger partial charge in [-0.05, 0) is 42.5 Å². The normalized spacial score (nSPS) is 11.2. The van der Waals surface area contributed by atoms with Crippen LogP contribution in [0, 0.1) is 10.7 Å². The third-order valence-electron chi connectivity index (χ3n) is 4.41. The number of hydrogen-bond donors (Lipinski definition) is 2. The third-order valence-corrected chi connectivity index (χ3v) is 5.75. The molecule has 1 aromatic heterocycles. The van der Waals surface area contributed by atoms with Crippen molar-refractivity contribution in [2.45, 2.75) is 4.90 Å². The molecule has 0 aliphatic rings. The number of hydrogen-bond acceptors (Lipinski definition) is 7. The molecule has 0 fully saturated rings.